The Morgan fingerprint density at radius 2 is 2.00 bits per heavy atom. The van der Waals surface area contributed by atoms with Crippen LogP contribution in [0.25, 0.3) is 6.08 Å². The Morgan fingerprint density at radius 1 is 1.30 bits per heavy atom. The molecule has 1 aromatic rings. The van der Waals surface area contributed by atoms with E-state index in [1.54, 1.807) is 24.3 Å². The molecule has 4 nitrogen and oxygen atoms in total. The van der Waals surface area contributed by atoms with Gasteiger partial charge in [0.15, 0.2) is 0 Å². The number of carboxylic acid groups (broad SMARTS) is 1. The minimum atomic E-state index is -4.53. The summed E-state index contributed by atoms with van der Waals surface area (Å²) in [7, 11) is 0. The topological polar surface area (TPSA) is 66.4 Å². The smallest absolute Gasteiger partial charge is 0.397 e. The molecule has 0 saturated carbocycles. The number of carbonyl (C=O) groups excluding carboxylic acids is 1. The van der Waals surface area contributed by atoms with Gasteiger partial charge in [0.2, 0.25) is 5.91 Å². The molecule has 0 radical (unpaired) electrons. The number of hydrogen-bond donors (Lipinski definition) is 2. The summed E-state index contributed by atoms with van der Waals surface area (Å²) in [4.78, 5) is 21.4. The van der Waals surface area contributed by atoms with E-state index < -0.39 is 24.5 Å². The van der Waals surface area contributed by atoms with Crippen molar-refractivity contribution < 1.29 is 27.9 Å². The number of carboxylic acids is 1. The Kier molecular flexibility index (Phi) is 5.31. The highest BCUT2D eigenvalue weighted by molar-refractivity contribution is 5.85. The largest absolute Gasteiger partial charge is 0.478 e. The van der Waals surface area contributed by atoms with Gasteiger partial charge in [-0.15, -0.1) is 0 Å². The number of halogens is 3. The van der Waals surface area contributed by atoms with Crippen LogP contribution in [-0.2, 0) is 16.1 Å². The first-order valence-corrected chi connectivity index (χ1v) is 5.60. The average Bonchev–Trinajstić information content (AvgIpc) is 2.32. The molecule has 1 rings (SSSR count). The van der Waals surface area contributed by atoms with Crippen LogP contribution in [0.3, 0.4) is 0 Å². The summed E-state index contributed by atoms with van der Waals surface area (Å²) in [5.74, 6) is -2.21. The molecule has 7 heteroatoms. The van der Waals surface area contributed by atoms with Gasteiger partial charge >= 0.3 is 12.1 Å². The van der Waals surface area contributed by atoms with Crippen LogP contribution in [-0.4, -0.2) is 23.2 Å². The quantitative estimate of drug-likeness (QED) is 0.817. The van der Waals surface area contributed by atoms with Gasteiger partial charge in [-0.25, -0.2) is 4.79 Å². The van der Waals surface area contributed by atoms with Gasteiger partial charge in [0, 0.05) is 12.6 Å². The highest BCUT2D eigenvalue weighted by atomic mass is 19.4. The second-order valence-electron chi connectivity index (χ2n) is 3.99. The molecule has 0 aliphatic carbocycles. The SMILES string of the molecule is O=C(O)C=Cc1cccc(CNC(=O)CC(F)(F)F)c1. The monoisotopic (exact) mass is 287 g/mol. The second kappa shape index (κ2) is 6.74. The van der Waals surface area contributed by atoms with Crippen LogP contribution in [0.2, 0.25) is 0 Å². The maximum atomic E-state index is 11.9. The zero-order chi connectivity index (χ0) is 15.2. The van der Waals surface area contributed by atoms with Crippen LogP contribution in [0.15, 0.2) is 30.3 Å². The zero-order valence-corrected chi connectivity index (χ0v) is 10.3. The van der Waals surface area contributed by atoms with Crippen LogP contribution >= 0.6 is 0 Å². The van der Waals surface area contributed by atoms with Crippen LogP contribution in [0.5, 0.6) is 0 Å². The van der Waals surface area contributed by atoms with Crippen LogP contribution < -0.4 is 5.32 Å². The van der Waals surface area contributed by atoms with E-state index in [9.17, 15) is 22.8 Å². The van der Waals surface area contributed by atoms with E-state index >= 15 is 0 Å². The Balaban J connectivity index is 2.59. The molecule has 0 aliphatic rings. The number of benzene rings is 1. The number of rotatable bonds is 5. The lowest BCUT2D eigenvalue weighted by molar-refractivity contribution is -0.153. The summed E-state index contributed by atoms with van der Waals surface area (Å²) in [6.45, 7) is -0.0519. The predicted octanol–water partition coefficient (Wildman–Crippen LogP) is 2.35. The summed E-state index contributed by atoms with van der Waals surface area (Å²) < 4.78 is 35.8. The van der Waals surface area contributed by atoms with Crippen LogP contribution in [0.4, 0.5) is 13.2 Å². The maximum absolute atomic E-state index is 11.9. The van der Waals surface area contributed by atoms with Gasteiger partial charge in [0.25, 0.3) is 0 Å². The van der Waals surface area contributed by atoms with E-state index in [2.05, 4.69) is 5.32 Å². The van der Waals surface area contributed by atoms with Crippen molar-refractivity contribution in [2.45, 2.75) is 19.1 Å². The Morgan fingerprint density at radius 3 is 2.60 bits per heavy atom. The summed E-state index contributed by atoms with van der Waals surface area (Å²) in [5.41, 5.74) is 1.16. The fourth-order valence-corrected chi connectivity index (χ4v) is 1.42. The minimum Gasteiger partial charge on any atom is -0.478 e. The van der Waals surface area contributed by atoms with Gasteiger partial charge in [-0.2, -0.15) is 13.2 Å². The van der Waals surface area contributed by atoms with Crippen molar-refractivity contribution >= 4 is 18.0 Å². The first-order chi connectivity index (χ1) is 9.26. The van der Waals surface area contributed by atoms with Crippen LogP contribution in [0, 0.1) is 0 Å². The first-order valence-electron chi connectivity index (χ1n) is 5.60. The van der Waals surface area contributed by atoms with Crippen molar-refractivity contribution in [1.29, 1.82) is 0 Å². The zero-order valence-electron chi connectivity index (χ0n) is 10.3. The van der Waals surface area contributed by atoms with Gasteiger partial charge in [0.05, 0.1) is 0 Å². The molecular weight excluding hydrogens is 275 g/mol. The Labute approximate surface area is 112 Å². The van der Waals surface area contributed by atoms with Crippen molar-refractivity contribution in [3.63, 3.8) is 0 Å². The minimum absolute atomic E-state index is 0.0519. The van der Waals surface area contributed by atoms with E-state index in [1.807, 2.05) is 0 Å². The number of alkyl halides is 3. The number of carbonyl (C=O) groups is 2. The molecule has 1 aromatic carbocycles. The molecule has 0 bridgehead atoms. The normalized spacial score (nSPS) is 11.6. The number of nitrogens with one attached hydrogen (secondary N) is 1. The molecule has 0 aromatic heterocycles. The van der Waals surface area contributed by atoms with E-state index in [0.717, 1.165) is 6.08 Å². The standard InChI is InChI=1S/C13H12F3NO3/c14-13(15,16)7-11(18)17-8-10-3-1-2-9(6-10)4-5-12(19)20/h1-6H,7-8H2,(H,17,18)(H,19,20). The highest BCUT2D eigenvalue weighted by Crippen LogP contribution is 2.19. The van der Waals surface area contributed by atoms with E-state index in [0.29, 0.717) is 11.1 Å². The fourth-order valence-electron chi connectivity index (χ4n) is 1.42. The van der Waals surface area contributed by atoms with Gasteiger partial charge in [-0.05, 0) is 23.3 Å². The van der Waals surface area contributed by atoms with Crippen molar-refractivity contribution in [2.24, 2.45) is 0 Å². The lowest BCUT2D eigenvalue weighted by atomic mass is 10.1. The third-order valence-corrected chi connectivity index (χ3v) is 2.22. The summed E-state index contributed by atoms with van der Waals surface area (Å²) in [6.07, 6.45) is -3.76. The van der Waals surface area contributed by atoms with Crippen molar-refractivity contribution in [1.82, 2.24) is 5.32 Å². The van der Waals surface area contributed by atoms with Crippen molar-refractivity contribution in [3.8, 4) is 0 Å². The summed E-state index contributed by atoms with van der Waals surface area (Å²) in [5, 5.41) is 10.6. The molecule has 0 saturated heterocycles. The van der Waals surface area contributed by atoms with Crippen molar-refractivity contribution in [2.75, 3.05) is 0 Å². The number of aliphatic carboxylic acids is 1. The third kappa shape index (κ3) is 6.58. The molecule has 0 heterocycles. The highest BCUT2D eigenvalue weighted by Gasteiger charge is 2.30. The van der Waals surface area contributed by atoms with Gasteiger partial charge in [0.1, 0.15) is 6.42 Å². The lowest BCUT2D eigenvalue weighted by Gasteiger charge is -2.08. The summed E-state index contributed by atoms with van der Waals surface area (Å²) in [6, 6.07) is 6.45. The van der Waals surface area contributed by atoms with Gasteiger partial charge < -0.3 is 10.4 Å². The molecule has 1 amide bonds. The maximum Gasteiger partial charge on any atom is 0.397 e. The van der Waals surface area contributed by atoms with Gasteiger partial charge in [-0.1, -0.05) is 18.2 Å². The Bertz CT molecular complexity index is 524. The van der Waals surface area contributed by atoms with E-state index in [1.165, 1.54) is 6.08 Å². The number of hydrogen-bond acceptors (Lipinski definition) is 2. The molecule has 0 aliphatic heterocycles. The predicted molar refractivity (Wildman–Crippen MR) is 65.6 cm³/mol. The van der Waals surface area contributed by atoms with E-state index in [4.69, 9.17) is 5.11 Å². The van der Waals surface area contributed by atoms with E-state index in [-0.39, 0.29) is 6.54 Å². The molecule has 0 unspecified atom stereocenters. The first kappa shape index (κ1) is 15.7. The molecule has 2 N–H and O–H groups in total. The van der Waals surface area contributed by atoms with Crippen molar-refractivity contribution in [3.05, 3.63) is 41.5 Å². The Hall–Kier alpha value is -2.31. The molecule has 108 valence electrons. The lowest BCUT2D eigenvalue weighted by Crippen LogP contribution is -2.28. The molecule has 0 fully saturated rings. The fraction of sp³-hybridized carbons (Fsp3) is 0.231. The molecule has 20 heavy (non-hydrogen) atoms. The average molecular weight is 287 g/mol. The molecule has 0 atom stereocenters. The summed E-state index contributed by atoms with van der Waals surface area (Å²) >= 11 is 0. The van der Waals surface area contributed by atoms with Crippen LogP contribution in [0.1, 0.15) is 17.5 Å². The number of amides is 1. The van der Waals surface area contributed by atoms with Gasteiger partial charge in [-0.3, -0.25) is 4.79 Å². The second-order valence-corrected chi connectivity index (χ2v) is 3.99. The molecule has 0 spiro atoms. The molecular formula is C13H12F3NO3. The third-order valence-electron chi connectivity index (χ3n) is 2.22.